The number of rotatable bonds is 6. The Hall–Kier alpha value is -2.69. The number of ether oxygens (including phenoxy) is 1. The second kappa shape index (κ2) is 10.3. The van der Waals surface area contributed by atoms with Crippen molar-refractivity contribution < 1.29 is 19.1 Å². The molecule has 1 heterocycles. The molecular formula is C15H18ClN5O4S. The molecule has 2 rings (SSSR count). The molecule has 0 atom stereocenters. The van der Waals surface area contributed by atoms with Crippen LogP contribution < -0.4 is 21.9 Å². The van der Waals surface area contributed by atoms with E-state index in [1.807, 2.05) is 17.6 Å². The number of benzene rings is 1. The number of hydrogen-bond acceptors (Lipinski definition) is 7. The first kappa shape index (κ1) is 21.4. The van der Waals surface area contributed by atoms with E-state index in [0.717, 1.165) is 5.56 Å². The van der Waals surface area contributed by atoms with Gasteiger partial charge in [-0.2, -0.15) is 0 Å². The maximum Gasteiger partial charge on any atom is 0.421 e. The third kappa shape index (κ3) is 6.67. The van der Waals surface area contributed by atoms with Crippen LogP contribution in [-0.2, 0) is 16.0 Å². The van der Waals surface area contributed by atoms with Crippen LogP contribution in [0.4, 0.5) is 15.6 Å². The first-order chi connectivity index (χ1) is 12.0. The molecule has 0 saturated heterocycles. The number of amides is 3. The molecule has 0 aliphatic rings. The van der Waals surface area contributed by atoms with Crippen molar-refractivity contribution in [2.45, 2.75) is 13.3 Å². The van der Waals surface area contributed by atoms with Crippen LogP contribution in [0, 0.1) is 0 Å². The summed E-state index contributed by atoms with van der Waals surface area (Å²) in [5.74, 6) is 4.28. The second-order valence-electron chi connectivity index (χ2n) is 4.90. The fraction of sp³-hybridized carbons (Fsp3) is 0.200. The van der Waals surface area contributed by atoms with Crippen LogP contribution in [0.2, 0.25) is 0 Å². The zero-order valence-electron chi connectivity index (χ0n) is 13.8. The number of carbonyl (C=O) groups is 3. The summed E-state index contributed by atoms with van der Waals surface area (Å²) in [6, 6.07) is 7.08. The lowest BCUT2D eigenvalue weighted by Gasteiger charge is -2.06. The van der Waals surface area contributed by atoms with E-state index in [-0.39, 0.29) is 36.5 Å². The molecule has 5 N–H and O–H groups in total. The highest BCUT2D eigenvalue weighted by molar-refractivity contribution is 7.14. The summed E-state index contributed by atoms with van der Waals surface area (Å²) in [5, 5.41) is 7.17. The third-order valence-electron chi connectivity index (χ3n) is 2.97. The lowest BCUT2D eigenvalue weighted by Crippen LogP contribution is -2.31. The molecule has 1 aromatic heterocycles. The molecule has 0 fully saturated rings. The molecule has 2 aromatic rings. The molecule has 0 bridgehead atoms. The van der Waals surface area contributed by atoms with E-state index in [1.54, 1.807) is 17.5 Å². The van der Waals surface area contributed by atoms with E-state index in [9.17, 15) is 14.4 Å². The smallest absolute Gasteiger partial charge is 0.421 e. The Morgan fingerprint density at radius 1 is 1.19 bits per heavy atom. The Balaban J connectivity index is 0.00000338. The largest absolute Gasteiger partial charge is 0.448 e. The predicted octanol–water partition coefficient (Wildman–Crippen LogP) is 1.92. The second-order valence-corrected chi connectivity index (χ2v) is 5.76. The maximum atomic E-state index is 12.1. The minimum absolute atomic E-state index is 0. The van der Waals surface area contributed by atoms with Crippen LogP contribution in [0.1, 0.15) is 23.0 Å². The number of nitrogens with two attached hydrogens (primary N) is 1. The van der Waals surface area contributed by atoms with E-state index in [2.05, 4.69) is 15.6 Å². The van der Waals surface area contributed by atoms with Crippen molar-refractivity contribution in [3.05, 3.63) is 40.9 Å². The van der Waals surface area contributed by atoms with E-state index >= 15 is 0 Å². The number of halogens is 1. The van der Waals surface area contributed by atoms with Gasteiger partial charge in [-0.15, -0.1) is 23.7 Å². The highest BCUT2D eigenvalue weighted by Crippen LogP contribution is 2.17. The van der Waals surface area contributed by atoms with Gasteiger partial charge in [-0.25, -0.2) is 15.6 Å². The predicted molar refractivity (Wildman–Crippen MR) is 100 cm³/mol. The number of carbonyl (C=O) groups excluding carboxylic acids is 3. The normalized spacial score (nSPS) is 9.62. The third-order valence-corrected chi connectivity index (χ3v) is 3.73. The van der Waals surface area contributed by atoms with E-state index < -0.39 is 6.09 Å². The summed E-state index contributed by atoms with van der Waals surface area (Å²) in [6.07, 6.45) is -0.167. The van der Waals surface area contributed by atoms with Crippen LogP contribution >= 0.6 is 23.7 Å². The summed E-state index contributed by atoms with van der Waals surface area (Å²) >= 11 is 1.17. The molecule has 0 aliphatic heterocycles. The van der Waals surface area contributed by atoms with Crippen molar-refractivity contribution in [3.8, 4) is 0 Å². The van der Waals surface area contributed by atoms with Crippen LogP contribution in [0.3, 0.4) is 0 Å². The van der Waals surface area contributed by atoms with E-state index in [1.165, 1.54) is 18.3 Å². The van der Waals surface area contributed by atoms with Crippen molar-refractivity contribution in [1.82, 2.24) is 10.4 Å². The maximum absolute atomic E-state index is 12.1. The standard InChI is InChI=1S/C15H17N5O4S.ClH/c1-9(21)17-14-19-12(8-25-14)13(22)18-11-4-2-10(3-5-11)6-7-24-15(23)20-16;/h2-5,8H,6-7,16H2,1H3,(H,18,22)(H,20,23)(H,17,19,21);1H. The molecule has 1 aromatic carbocycles. The number of nitrogens with one attached hydrogen (secondary N) is 3. The first-order valence-corrected chi connectivity index (χ1v) is 8.12. The summed E-state index contributed by atoms with van der Waals surface area (Å²) in [7, 11) is 0. The van der Waals surface area contributed by atoms with Gasteiger partial charge >= 0.3 is 6.09 Å². The Kier molecular flexibility index (Phi) is 8.49. The van der Waals surface area contributed by atoms with Gasteiger partial charge in [-0.1, -0.05) is 12.1 Å². The van der Waals surface area contributed by atoms with Crippen molar-refractivity contribution in [3.63, 3.8) is 0 Å². The Morgan fingerprint density at radius 3 is 2.50 bits per heavy atom. The molecule has 0 spiro atoms. The number of anilines is 2. The SMILES string of the molecule is CC(=O)Nc1nc(C(=O)Nc2ccc(CCOC(=O)NN)cc2)cs1.Cl. The van der Waals surface area contributed by atoms with Crippen LogP contribution in [0.5, 0.6) is 0 Å². The quantitative estimate of drug-likeness (QED) is 0.333. The molecule has 11 heteroatoms. The van der Waals surface area contributed by atoms with Crippen molar-refractivity contribution in [2.24, 2.45) is 5.84 Å². The number of nitrogens with zero attached hydrogens (tertiary/aromatic N) is 1. The Morgan fingerprint density at radius 2 is 1.88 bits per heavy atom. The van der Waals surface area contributed by atoms with Gasteiger partial charge < -0.3 is 15.4 Å². The molecule has 3 amide bonds. The molecule has 26 heavy (non-hydrogen) atoms. The number of hydrazine groups is 1. The minimum atomic E-state index is -0.689. The van der Waals surface area contributed by atoms with Crippen LogP contribution in [0.15, 0.2) is 29.6 Å². The average molecular weight is 400 g/mol. The van der Waals surface area contributed by atoms with E-state index in [0.29, 0.717) is 17.2 Å². The van der Waals surface area contributed by atoms with E-state index in [4.69, 9.17) is 10.6 Å². The van der Waals surface area contributed by atoms with Gasteiger partial charge in [0.15, 0.2) is 5.13 Å². The lowest BCUT2D eigenvalue weighted by molar-refractivity contribution is -0.114. The fourth-order valence-corrected chi connectivity index (χ4v) is 2.58. The van der Waals surface area contributed by atoms with Crippen LogP contribution in [-0.4, -0.2) is 29.5 Å². The summed E-state index contributed by atoms with van der Waals surface area (Å²) in [5.41, 5.74) is 3.63. The molecule has 0 unspecified atom stereocenters. The Bertz CT molecular complexity index is 766. The molecule has 0 aliphatic carbocycles. The zero-order chi connectivity index (χ0) is 18.2. The van der Waals surface area contributed by atoms with Gasteiger partial charge in [0.2, 0.25) is 5.91 Å². The van der Waals surface area contributed by atoms with Gasteiger partial charge in [0, 0.05) is 24.4 Å². The topological polar surface area (TPSA) is 135 Å². The average Bonchev–Trinajstić information content (AvgIpc) is 3.04. The summed E-state index contributed by atoms with van der Waals surface area (Å²) in [4.78, 5) is 38.0. The zero-order valence-corrected chi connectivity index (χ0v) is 15.4. The number of aromatic nitrogens is 1. The van der Waals surface area contributed by atoms with Gasteiger partial charge in [0.25, 0.3) is 5.91 Å². The van der Waals surface area contributed by atoms with Gasteiger partial charge in [-0.3, -0.25) is 15.0 Å². The lowest BCUT2D eigenvalue weighted by atomic mass is 10.1. The summed E-state index contributed by atoms with van der Waals surface area (Å²) in [6.45, 7) is 1.57. The number of hydrogen-bond donors (Lipinski definition) is 4. The Labute approximate surface area is 159 Å². The molecule has 9 nitrogen and oxygen atoms in total. The van der Waals surface area contributed by atoms with Crippen LogP contribution in [0.25, 0.3) is 0 Å². The van der Waals surface area contributed by atoms with Crippen molar-refractivity contribution >= 4 is 52.5 Å². The molecule has 140 valence electrons. The van der Waals surface area contributed by atoms with Gasteiger partial charge in [-0.05, 0) is 17.7 Å². The highest BCUT2D eigenvalue weighted by Gasteiger charge is 2.11. The van der Waals surface area contributed by atoms with Crippen molar-refractivity contribution in [2.75, 3.05) is 17.2 Å². The monoisotopic (exact) mass is 399 g/mol. The highest BCUT2D eigenvalue weighted by atomic mass is 35.5. The summed E-state index contributed by atoms with van der Waals surface area (Å²) < 4.78 is 4.80. The van der Waals surface area contributed by atoms with Gasteiger partial charge in [0.05, 0.1) is 6.61 Å². The molecule has 0 radical (unpaired) electrons. The van der Waals surface area contributed by atoms with Gasteiger partial charge in [0.1, 0.15) is 5.69 Å². The minimum Gasteiger partial charge on any atom is -0.448 e. The van der Waals surface area contributed by atoms with Crippen molar-refractivity contribution in [1.29, 1.82) is 0 Å². The molecule has 0 saturated carbocycles. The number of thiazole rings is 1. The fourth-order valence-electron chi connectivity index (χ4n) is 1.84. The first-order valence-electron chi connectivity index (χ1n) is 7.24. The molecular weight excluding hydrogens is 382 g/mol.